The van der Waals surface area contributed by atoms with Gasteiger partial charge in [-0.15, -0.1) is 0 Å². The standard InChI is InChI=1S/C29H56N4O11/c1-26(2)33-29(36)4-7-31-27(34)5-10-37-14-18-41-23-25-44-21-17-40-13-9-32-28(35)6-11-38-15-19-42-22-24-43-20-16-39-12-8-30-3/h30H,1,4-25H2,2-3H3,(H,31,34)(H,32,35)(H,33,36). The van der Waals surface area contributed by atoms with Crippen molar-refractivity contribution in [3.63, 3.8) is 0 Å². The van der Waals surface area contributed by atoms with E-state index in [0.29, 0.717) is 111 Å². The minimum absolute atomic E-state index is 0.0964. The van der Waals surface area contributed by atoms with Crippen LogP contribution in [0.1, 0.15) is 26.2 Å². The van der Waals surface area contributed by atoms with Crippen LogP contribution in [0.2, 0.25) is 0 Å². The molecule has 44 heavy (non-hydrogen) atoms. The first kappa shape index (κ1) is 41.8. The summed E-state index contributed by atoms with van der Waals surface area (Å²) in [5.41, 5.74) is 0.570. The van der Waals surface area contributed by atoms with Gasteiger partial charge in [0, 0.05) is 44.6 Å². The average Bonchev–Trinajstić information content (AvgIpc) is 2.98. The van der Waals surface area contributed by atoms with E-state index in [0.717, 1.165) is 6.54 Å². The molecular formula is C29H56N4O11. The average molecular weight is 637 g/mol. The largest absolute Gasteiger partial charge is 0.379 e. The molecular weight excluding hydrogens is 580 g/mol. The van der Waals surface area contributed by atoms with Crippen LogP contribution < -0.4 is 21.3 Å². The Morgan fingerprint density at radius 1 is 0.455 bits per heavy atom. The van der Waals surface area contributed by atoms with Crippen molar-refractivity contribution >= 4 is 17.7 Å². The lowest BCUT2D eigenvalue weighted by Gasteiger charge is -2.09. The highest BCUT2D eigenvalue weighted by Crippen LogP contribution is 1.89. The molecule has 15 heteroatoms. The molecule has 0 aromatic heterocycles. The van der Waals surface area contributed by atoms with E-state index >= 15 is 0 Å². The Hall–Kier alpha value is -2.21. The molecule has 0 aromatic rings. The zero-order valence-electron chi connectivity index (χ0n) is 26.8. The number of ether oxygens (including phenoxy) is 8. The normalized spacial score (nSPS) is 11.0. The van der Waals surface area contributed by atoms with Crippen LogP contribution in [0.4, 0.5) is 0 Å². The number of hydrogen-bond donors (Lipinski definition) is 4. The first-order chi connectivity index (χ1) is 21.5. The first-order valence-electron chi connectivity index (χ1n) is 15.2. The smallest absolute Gasteiger partial charge is 0.225 e. The van der Waals surface area contributed by atoms with Crippen molar-refractivity contribution < 1.29 is 52.3 Å². The Morgan fingerprint density at radius 2 is 0.795 bits per heavy atom. The first-order valence-corrected chi connectivity index (χ1v) is 15.2. The molecule has 0 atom stereocenters. The highest BCUT2D eigenvalue weighted by atomic mass is 16.6. The van der Waals surface area contributed by atoms with Gasteiger partial charge in [0.25, 0.3) is 0 Å². The number of nitrogens with one attached hydrogen (secondary N) is 4. The number of amides is 3. The Labute approximate surface area is 262 Å². The van der Waals surface area contributed by atoms with Crippen LogP contribution in [0.15, 0.2) is 12.3 Å². The van der Waals surface area contributed by atoms with Crippen LogP contribution in [0.3, 0.4) is 0 Å². The van der Waals surface area contributed by atoms with E-state index in [1.54, 1.807) is 6.92 Å². The molecule has 0 saturated carbocycles. The number of allylic oxidation sites excluding steroid dienone is 1. The molecule has 0 aliphatic carbocycles. The molecule has 15 nitrogen and oxygen atoms in total. The lowest BCUT2D eigenvalue weighted by Crippen LogP contribution is -2.30. The lowest BCUT2D eigenvalue weighted by atomic mass is 10.3. The summed E-state index contributed by atoms with van der Waals surface area (Å²) >= 11 is 0. The number of carbonyl (C=O) groups is 3. The van der Waals surface area contributed by atoms with Crippen LogP contribution in [-0.4, -0.2) is 150 Å². The summed E-state index contributed by atoms with van der Waals surface area (Å²) < 4.78 is 43.2. The topological polar surface area (TPSA) is 173 Å². The molecule has 3 amide bonds. The Morgan fingerprint density at radius 3 is 1.18 bits per heavy atom. The molecule has 0 bridgehead atoms. The highest BCUT2D eigenvalue weighted by molar-refractivity contribution is 5.79. The summed E-state index contributed by atoms with van der Waals surface area (Å²) in [7, 11) is 1.88. The van der Waals surface area contributed by atoms with Crippen molar-refractivity contribution in [3.05, 3.63) is 12.3 Å². The second kappa shape index (κ2) is 33.7. The van der Waals surface area contributed by atoms with Gasteiger partial charge in [0.2, 0.25) is 17.7 Å². The quantitative estimate of drug-likeness (QED) is 0.0662. The van der Waals surface area contributed by atoms with E-state index in [1.165, 1.54) is 0 Å². The molecule has 4 N–H and O–H groups in total. The summed E-state index contributed by atoms with van der Waals surface area (Å²) in [5.74, 6) is -0.455. The third-order valence-corrected chi connectivity index (χ3v) is 5.27. The fourth-order valence-electron chi connectivity index (χ4n) is 3.08. The monoisotopic (exact) mass is 636 g/mol. The van der Waals surface area contributed by atoms with Crippen molar-refractivity contribution in [1.29, 1.82) is 0 Å². The fraction of sp³-hybridized carbons (Fsp3) is 0.828. The molecule has 0 radical (unpaired) electrons. The van der Waals surface area contributed by atoms with Crippen molar-refractivity contribution in [3.8, 4) is 0 Å². The van der Waals surface area contributed by atoms with Crippen LogP contribution in [0, 0.1) is 0 Å². The SMILES string of the molecule is C=C(C)NC(=O)CCNC(=O)CCOCCOCCOCCOCCNC(=O)CCOCCOCCOCCOCCNC. The van der Waals surface area contributed by atoms with Crippen molar-refractivity contribution in [2.45, 2.75) is 26.2 Å². The van der Waals surface area contributed by atoms with Gasteiger partial charge in [-0.2, -0.15) is 0 Å². The van der Waals surface area contributed by atoms with E-state index in [1.807, 2.05) is 7.05 Å². The number of carbonyl (C=O) groups excluding carboxylic acids is 3. The van der Waals surface area contributed by atoms with E-state index in [-0.39, 0.29) is 50.1 Å². The van der Waals surface area contributed by atoms with E-state index in [9.17, 15) is 14.4 Å². The van der Waals surface area contributed by atoms with E-state index in [4.69, 9.17) is 37.9 Å². The Bertz CT molecular complexity index is 717. The van der Waals surface area contributed by atoms with Crippen molar-refractivity contribution in [1.82, 2.24) is 21.3 Å². The molecule has 258 valence electrons. The molecule has 0 saturated heterocycles. The predicted molar refractivity (Wildman–Crippen MR) is 163 cm³/mol. The van der Waals surface area contributed by atoms with E-state index < -0.39 is 0 Å². The highest BCUT2D eigenvalue weighted by Gasteiger charge is 2.04. The van der Waals surface area contributed by atoms with Crippen molar-refractivity contribution in [2.75, 3.05) is 132 Å². The molecule has 0 heterocycles. The molecule has 0 aliphatic rings. The maximum atomic E-state index is 11.8. The van der Waals surface area contributed by atoms with Gasteiger partial charge in [-0.3, -0.25) is 14.4 Å². The number of hydrogen-bond acceptors (Lipinski definition) is 12. The summed E-state index contributed by atoms with van der Waals surface area (Å²) in [4.78, 5) is 34.9. The summed E-state index contributed by atoms with van der Waals surface area (Å²) in [6.45, 7) is 13.9. The van der Waals surface area contributed by atoms with Gasteiger partial charge in [-0.1, -0.05) is 6.58 Å². The fourth-order valence-corrected chi connectivity index (χ4v) is 3.08. The molecule has 0 aliphatic heterocycles. The molecule has 0 fully saturated rings. The van der Waals surface area contributed by atoms with E-state index in [2.05, 4.69) is 27.8 Å². The maximum absolute atomic E-state index is 11.8. The van der Waals surface area contributed by atoms with Crippen LogP contribution >= 0.6 is 0 Å². The van der Waals surface area contributed by atoms with Crippen LogP contribution in [-0.2, 0) is 52.3 Å². The summed E-state index contributed by atoms with van der Waals surface area (Å²) in [6, 6.07) is 0. The molecule has 0 aromatic carbocycles. The zero-order valence-corrected chi connectivity index (χ0v) is 26.8. The van der Waals surface area contributed by atoms with Gasteiger partial charge in [0.1, 0.15) is 0 Å². The third kappa shape index (κ3) is 34.3. The lowest BCUT2D eigenvalue weighted by molar-refractivity contribution is -0.123. The minimum atomic E-state index is -0.184. The minimum Gasteiger partial charge on any atom is -0.379 e. The zero-order chi connectivity index (χ0) is 32.4. The predicted octanol–water partition coefficient (Wildman–Crippen LogP) is -0.609. The van der Waals surface area contributed by atoms with Gasteiger partial charge in [0.05, 0.1) is 106 Å². The third-order valence-electron chi connectivity index (χ3n) is 5.27. The summed E-state index contributed by atoms with van der Waals surface area (Å²) in [6.07, 6.45) is 0.686. The number of rotatable bonds is 34. The maximum Gasteiger partial charge on any atom is 0.225 e. The van der Waals surface area contributed by atoms with Gasteiger partial charge in [-0.05, 0) is 14.0 Å². The second-order valence-electron chi connectivity index (χ2n) is 9.28. The van der Waals surface area contributed by atoms with Gasteiger partial charge in [0.15, 0.2) is 0 Å². The van der Waals surface area contributed by atoms with Gasteiger partial charge in [-0.25, -0.2) is 0 Å². The molecule has 0 rings (SSSR count). The Balaban J connectivity index is 3.25. The number of likely N-dealkylation sites (N-methyl/N-ethyl adjacent to an activating group) is 1. The van der Waals surface area contributed by atoms with Gasteiger partial charge >= 0.3 is 0 Å². The molecule has 0 spiro atoms. The van der Waals surface area contributed by atoms with Gasteiger partial charge < -0.3 is 59.2 Å². The van der Waals surface area contributed by atoms with Crippen LogP contribution in [0.5, 0.6) is 0 Å². The summed E-state index contributed by atoms with van der Waals surface area (Å²) in [5, 5.41) is 11.0. The molecule has 0 unspecified atom stereocenters. The van der Waals surface area contributed by atoms with Crippen molar-refractivity contribution in [2.24, 2.45) is 0 Å². The second-order valence-corrected chi connectivity index (χ2v) is 9.28. The van der Waals surface area contributed by atoms with Crippen LogP contribution in [0.25, 0.3) is 0 Å². The Kier molecular flexibility index (Phi) is 32.0.